The quantitative estimate of drug-likeness (QED) is 0.205. The maximum atomic E-state index is 5.44. The molecule has 0 bridgehead atoms. The van der Waals surface area contributed by atoms with Gasteiger partial charge in [0, 0.05) is 36.4 Å². The number of hydrogen-bond donors (Lipinski definition) is 2. The van der Waals surface area contributed by atoms with Crippen molar-refractivity contribution in [3.63, 3.8) is 0 Å². The summed E-state index contributed by atoms with van der Waals surface area (Å²) in [6.45, 7) is 4.72. The van der Waals surface area contributed by atoms with Gasteiger partial charge in [-0.1, -0.05) is 141 Å². The molecule has 1 fully saturated rings. The zero-order valence-electron chi connectivity index (χ0n) is 26.2. The van der Waals surface area contributed by atoms with E-state index < -0.39 is 0 Å². The van der Waals surface area contributed by atoms with Crippen LogP contribution >= 0.6 is 11.3 Å². The van der Waals surface area contributed by atoms with Crippen molar-refractivity contribution in [2.75, 3.05) is 0 Å². The minimum atomic E-state index is -0.213. The van der Waals surface area contributed by atoms with Gasteiger partial charge in [0.15, 0.2) is 0 Å². The van der Waals surface area contributed by atoms with Crippen LogP contribution in [0.4, 0.5) is 0 Å². The predicted octanol–water partition coefficient (Wildman–Crippen LogP) is 10.9. The lowest BCUT2D eigenvalue weighted by Crippen LogP contribution is -2.47. The third kappa shape index (κ3) is 3.98. The summed E-state index contributed by atoms with van der Waals surface area (Å²) in [5.41, 5.74) is 10.2. The second kappa shape index (κ2) is 10.1. The molecule has 1 saturated heterocycles. The van der Waals surface area contributed by atoms with E-state index in [4.69, 9.17) is 5.32 Å². The Kier molecular flexibility index (Phi) is 5.88. The van der Waals surface area contributed by atoms with E-state index in [1.54, 1.807) is 0 Å². The van der Waals surface area contributed by atoms with E-state index in [-0.39, 0.29) is 24.0 Å². The first-order valence-electron chi connectivity index (χ1n) is 16.4. The van der Waals surface area contributed by atoms with Crippen molar-refractivity contribution in [3.8, 4) is 11.1 Å². The van der Waals surface area contributed by atoms with Gasteiger partial charge in [-0.25, -0.2) is 0 Å². The Balaban J connectivity index is 1.19. The standard InChI is InChI=1S/C42H33N4S/c1-42(2)33-20-9-6-15-26(33)31-23-32-27-16-7-10-21-35(27)46(36(32)24-34(31)42)41-44-39(25-13-4-3-5-14-25)43-40(45-41)30-19-12-18-29-28-17-8-11-22-37(28)47-38(29)30/h3-24,39-41,44-45H,1-2H3/q-1. The van der Waals surface area contributed by atoms with Gasteiger partial charge in [-0.2, -0.15) is 0 Å². The van der Waals surface area contributed by atoms with Crippen LogP contribution in [0.1, 0.15) is 54.7 Å². The Morgan fingerprint density at radius 3 is 2.21 bits per heavy atom. The second-order valence-electron chi connectivity index (χ2n) is 13.4. The third-order valence-corrected chi connectivity index (χ3v) is 11.7. The zero-order valence-corrected chi connectivity index (χ0v) is 27.1. The fourth-order valence-electron chi connectivity index (χ4n) is 8.17. The lowest BCUT2D eigenvalue weighted by Gasteiger charge is -2.50. The molecule has 10 rings (SSSR count). The van der Waals surface area contributed by atoms with E-state index in [0.29, 0.717) is 0 Å². The topological polar surface area (TPSA) is 43.1 Å². The van der Waals surface area contributed by atoms with Gasteiger partial charge in [-0.05, 0) is 52.1 Å². The van der Waals surface area contributed by atoms with E-state index in [1.165, 1.54) is 69.8 Å². The number of aromatic nitrogens is 1. The molecule has 228 valence electrons. The van der Waals surface area contributed by atoms with E-state index in [9.17, 15) is 0 Å². The molecule has 4 nitrogen and oxygen atoms in total. The lowest BCUT2D eigenvalue weighted by atomic mass is 9.82. The van der Waals surface area contributed by atoms with Crippen LogP contribution in [0.15, 0.2) is 133 Å². The summed E-state index contributed by atoms with van der Waals surface area (Å²) in [4.78, 5) is 0. The van der Waals surface area contributed by atoms with Gasteiger partial charge in [-0.15, -0.1) is 11.3 Å². The maximum Gasteiger partial charge on any atom is 0.137 e. The molecule has 2 N–H and O–H groups in total. The van der Waals surface area contributed by atoms with Gasteiger partial charge in [0.1, 0.15) is 6.29 Å². The molecular formula is C42H33N4S-. The normalized spacial score (nSPS) is 20.3. The van der Waals surface area contributed by atoms with Gasteiger partial charge in [-0.3, -0.25) is 10.6 Å². The Morgan fingerprint density at radius 1 is 0.596 bits per heavy atom. The molecule has 1 aliphatic heterocycles. The van der Waals surface area contributed by atoms with Gasteiger partial charge in [0.2, 0.25) is 0 Å². The average Bonchev–Trinajstić information content (AvgIpc) is 3.73. The molecule has 5 heteroatoms. The largest absolute Gasteiger partial charge is 0.624 e. The number of para-hydroxylation sites is 1. The van der Waals surface area contributed by atoms with Crippen LogP contribution in [-0.2, 0) is 5.41 Å². The Hall–Kier alpha value is -4.78. The summed E-state index contributed by atoms with van der Waals surface area (Å²) in [5, 5.41) is 18.5. The smallest absolute Gasteiger partial charge is 0.137 e. The fraction of sp³-hybridized carbons (Fsp3) is 0.143. The Morgan fingerprint density at radius 2 is 1.32 bits per heavy atom. The van der Waals surface area contributed by atoms with Crippen molar-refractivity contribution in [2.45, 2.75) is 37.9 Å². The molecule has 8 aromatic rings. The molecule has 0 radical (unpaired) electrons. The van der Waals surface area contributed by atoms with Crippen LogP contribution in [0.25, 0.3) is 58.4 Å². The summed E-state index contributed by atoms with van der Waals surface area (Å²) in [6.07, 6.45) is -0.613. The van der Waals surface area contributed by atoms with Crippen LogP contribution < -0.4 is 10.6 Å². The first-order chi connectivity index (χ1) is 23.1. The molecule has 3 atom stereocenters. The summed E-state index contributed by atoms with van der Waals surface area (Å²) >= 11 is 1.86. The van der Waals surface area contributed by atoms with E-state index in [1.807, 2.05) is 11.3 Å². The molecule has 47 heavy (non-hydrogen) atoms. The van der Waals surface area contributed by atoms with Crippen LogP contribution in [0, 0.1) is 0 Å². The number of fused-ring (bicyclic) bond motifs is 9. The summed E-state index contributed by atoms with van der Waals surface area (Å²) < 4.78 is 5.08. The van der Waals surface area contributed by atoms with Gasteiger partial charge >= 0.3 is 0 Å². The van der Waals surface area contributed by atoms with Crippen LogP contribution in [-0.4, -0.2) is 4.57 Å². The molecule has 2 aromatic heterocycles. The first kappa shape index (κ1) is 27.3. The summed E-state index contributed by atoms with van der Waals surface area (Å²) in [5.74, 6) is 0. The van der Waals surface area contributed by atoms with Gasteiger partial charge < -0.3 is 9.88 Å². The number of rotatable bonds is 3. The number of hydrogen-bond acceptors (Lipinski definition) is 3. The molecule has 6 aromatic carbocycles. The van der Waals surface area contributed by atoms with Gasteiger partial charge in [0.25, 0.3) is 0 Å². The number of benzene rings is 6. The van der Waals surface area contributed by atoms with Crippen molar-refractivity contribution >= 4 is 53.3 Å². The molecule has 0 saturated carbocycles. The monoisotopic (exact) mass is 625 g/mol. The van der Waals surface area contributed by atoms with E-state index in [0.717, 1.165) is 5.56 Å². The van der Waals surface area contributed by atoms with Crippen molar-refractivity contribution in [1.29, 1.82) is 0 Å². The highest BCUT2D eigenvalue weighted by Crippen LogP contribution is 2.51. The minimum absolute atomic E-state index is 0.0872. The Bertz CT molecular complexity index is 2510. The van der Waals surface area contributed by atoms with Gasteiger partial charge in [0.05, 0.1) is 11.0 Å². The van der Waals surface area contributed by atoms with E-state index in [2.05, 4.69) is 163 Å². The summed E-state index contributed by atoms with van der Waals surface area (Å²) in [6, 6.07) is 48.7. The highest BCUT2D eigenvalue weighted by molar-refractivity contribution is 7.26. The van der Waals surface area contributed by atoms with Crippen LogP contribution in [0.3, 0.4) is 0 Å². The number of nitrogens with one attached hydrogen (secondary N) is 2. The third-order valence-electron chi connectivity index (χ3n) is 10.4. The molecule has 0 spiro atoms. The number of thiophene rings is 1. The van der Waals surface area contributed by atoms with Crippen molar-refractivity contribution in [2.24, 2.45) is 0 Å². The molecule has 0 amide bonds. The highest BCUT2D eigenvalue weighted by atomic mass is 32.1. The minimum Gasteiger partial charge on any atom is -0.624 e. The SMILES string of the molecule is CC1(C)c2ccccc2-c2cc3c4ccccc4n(C4NC(c5ccccc5)[N-]C(c5cccc6c5sc5ccccc56)N4)c3cc21. The molecule has 3 heterocycles. The lowest BCUT2D eigenvalue weighted by molar-refractivity contribution is 0.251. The highest BCUT2D eigenvalue weighted by Gasteiger charge is 2.36. The van der Waals surface area contributed by atoms with Crippen LogP contribution in [0.2, 0.25) is 0 Å². The van der Waals surface area contributed by atoms with Crippen molar-refractivity contribution in [1.82, 2.24) is 15.2 Å². The molecule has 1 aliphatic carbocycles. The molecule has 2 aliphatic rings. The van der Waals surface area contributed by atoms with E-state index >= 15 is 0 Å². The molecule has 3 unspecified atom stereocenters. The fourth-order valence-corrected chi connectivity index (χ4v) is 9.41. The average molecular weight is 626 g/mol. The van der Waals surface area contributed by atoms with Crippen molar-refractivity contribution < 1.29 is 0 Å². The first-order valence-corrected chi connectivity index (χ1v) is 17.2. The predicted molar refractivity (Wildman–Crippen MR) is 197 cm³/mol. The maximum absolute atomic E-state index is 5.44. The molecular weight excluding hydrogens is 593 g/mol. The van der Waals surface area contributed by atoms with Crippen LogP contribution in [0.5, 0.6) is 0 Å². The number of nitrogens with zero attached hydrogens (tertiary/aromatic N) is 2. The van der Waals surface area contributed by atoms with Crippen molar-refractivity contribution in [3.05, 3.63) is 161 Å². The Labute approximate surface area is 277 Å². The second-order valence-corrected chi connectivity index (χ2v) is 14.4. The zero-order chi connectivity index (χ0) is 31.3. The summed E-state index contributed by atoms with van der Waals surface area (Å²) in [7, 11) is 0.